The molecule has 1 fully saturated rings. The van der Waals surface area contributed by atoms with E-state index in [1.165, 1.54) is 18.4 Å². The lowest BCUT2D eigenvalue weighted by atomic mass is 10.0. The van der Waals surface area contributed by atoms with Crippen LogP contribution in [-0.2, 0) is 13.6 Å². The van der Waals surface area contributed by atoms with Crippen molar-refractivity contribution in [1.82, 2.24) is 25.1 Å². The Balaban J connectivity index is 0.00000289. The number of fused-ring (bicyclic) bond motifs is 1. The number of para-hydroxylation sites is 3. The first kappa shape index (κ1) is 24.3. The van der Waals surface area contributed by atoms with Gasteiger partial charge in [-0.3, -0.25) is 9.89 Å². The molecule has 0 spiro atoms. The number of guanidine groups is 1. The molecular formula is C24H33IN6O. The van der Waals surface area contributed by atoms with Crippen LogP contribution in [0.1, 0.15) is 30.3 Å². The van der Waals surface area contributed by atoms with Crippen LogP contribution in [-0.4, -0.2) is 54.2 Å². The van der Waals surface area contributed by atoms with Crippen molar-refractivity contribution in [3.05, 3.63) is 59.9 Å². The molecule has 1 aromatic heterocycles. The summed E-state index contributed by atoms with van der Waals surface area (Å²) in [5.41, 5.74) is 3.35. The van der Waals surface area contributed by atoms with E-state index in [1.54, 1.807) is 14.2 Å². The zero-order valence-corrected chi connectivity index (χ0v) is 21.4. The van der Waals surface area contributed by atoms with E-state index >= 15 is 0 Å². The van der Waals surface area contributed by atoms with E-state index in [9.17, 15) is 0 Å². The first-order chi connectivity index (χ1) is 15.2. The third-order valence-corrected chi connectivity index (χ3v) is 6.06. The molecule has 0 amide bonds. The molecule has 1 saturated heterocycles. The Morgan fingerprint density at radius 2 is 1.81 bits per heavy atom. The minimum atomic E-state index is 0. The van der Waals surface area contributed by atoms with Crippen LogP contribution in [0.5, 0.6) is 5.75 Å². The number of hydrogen-bond acceptors (Lipinski definition) is 4. The van der Waals surface area contributed by atoms with Gasteiger partial charge >= 0.3 is 0 Å². The molecule has 0 bridgehead atoms. The highest BCUT2D eigenvalue weighted by Crippen LogP contribution is 2.31. The summed E-state index contributed by atoms with van der Waals surface area (Å²) in [6.45, 7) is 3.57. The summed E-state index contributed by atoms with van der Waals surface area (Å²) in [5, 5.41) is 6.94. The quantitative estimate of drug-likeness (QED) is 0.268. The van der Waals surface area contributed by atoms with Gasteiger partial charge in [-0.1, -0.05) is 30.3 Å². The van der Waals surface area contributed by atoms with Crippen molar-refractivity contribution < 1.29 is 4.74 Å². The first-order valence-electron chi connectivity index (χ1n) is 10.9. The number of methoxy groups -OCH3 is 1. The van der Waals surface area contributed by atoms with Crippen molar-refractivity contribution in [2.24, 2.45) is 12.0 Å². The van der Waals surface area contributed by atoms with Crippen molar-refractivity contribution in [2.75, 3.05) is 33.8 Å². The summed E-state index contributed by atoms with van der Waals surface area (Å²) in [7, 11) is 5.59. The van der Waals surface area contributed by atoms with E-state index in [0.717, 1.165) is 48.2 Å². The van der Waals surface area contributed by atoms with Gasteiger partial charge in [0.15, 0.2) is 5.96 Å². The second-order valence-electron chi connectivity index (χ2n) is 7.88. The van der Waals surface area contributed by atoms with Crippen LogP contribution < -0.4 is 15.4 Å². The maximum atomic E-state index is 5.66. The molecule has 8 heteroatoms. The predicted octanol–water partition coefficient (Wildman–Crippen LogP) is 3.70. The number of nitrogens with one attached hydrogen (secondary N) is 2. The maximum absolute atomic E-state index is 5.66. The highest BCUT2D eigenvalue weighted by atomic mass is 127. The second-order valence-corrected chi connectivity index (χ2v) is 7.88. The number of ether oxygens (including phenoxy) is 1. The fourth-order valence-electron chi connectivity index (χ4n) is 4.36. The molecule has 1 atom stereocenters. The number of imidazole rings is 1. The van der Waals surface area contributed by atoms with Gasteiger partial charge < -0.3 is 19.9 Å². The van der Waals surface area contributed by atoms with Gasteiger partial charge in [0.2, 0.25) is 0 Å². The van der Waals surface area contributed by atoms with Crippen LogP contribution >= 0.6 is 24.0 Å². The molecule has 2 N–H and O–H groups in total. The maximum Gasteiger partial charge on any atom is 0.191 e. The lowest BCUT2D eigenvalue weighted by Gasteiger charge is -2.30. The van der Waals surface area contributed by atoms with Gasteiger partial charge in [0.25, 0.3) is 0 Å². The summed E-state index contributed by atoms with van der Waals surface area (Å²) in [6.07, 6.45) is 2.48. The fraction of sp³-hybridized carbons (Fsp3) is 0.417. The minimum Gasteiger partial charge on any atom is -0.496 e. The van der Waals surface area contributed by atoms with Crippen LogP contribution in [0.4, 0.5) is 0 Å². The molecule has 7 nitrogen and oxygen atoms in total. The van der Waals surface area contributed by atoms with Gasteiger partial charge in [0.05, 0.1) is 30.7 Å². The topological polar surface area (TPSA) is 66.7 Å². The smallest absolute Gasteiger partial charge is 0.191 e. The van der Waals surface area contributed by atoms with Crippen LogP contribution in [0.3, 0.4) is 0 Å². The molecule has 32 heavy (non-hydrogen) atoms. The molecule has 1 aliphatic rings. The molecule has 2 aromatic carbocycles. The monoisotopic (exact) mass is 548 g/mol. The second kappa shape index (κ2) is 11.5. The number of aliphatic imine (C=N–C) groups is 1. The average molecular weight is 548 g/mol. The first-order valence-corrected chi connectivity index (χ1v) is 10.9. The molecule has 0 saturated carbocycles. The number of aromatic nitrogens is 2. The summed E-state index contributed by atoms with van der Waals surface area (Å²) in [5.74, 6) is 2.68. The zero-order chi connectivity index (χ0) is 21.6. The number of benzene rings is 2. The average Bonchev–Trinajstić information content (AvgIpc) is 3.45. The standard InChI is InChI=1S/C24H32N6O.HI/c1-25-24(27-17-23-28-19-11-5-6-12-20(19)29(23)2)26-16-21(30-14-8-9-15-30)18-10-4-7-13-22(18)31-3;/h4-7,10-13,21H,8-9,14-17H2,1-3H3,(H2,25,26,27);1H. The Bertz CT molecular complexity index is 1040. The summed E-state index contributed by atoms with van der Waals surface area (Å²) < 4.78 is 7.78. The fourth-order valence-corrected chi connectivity index (χ4v) is 4.36. The van der Waals surface area contributed by atoms with E-state index in [1.807, 2.05) is 37.4 Å². The zero-order valence-electron chi connectivity index (χ0n) is 19.0. The number of rotatable bonds is 7. The molecule has 172 valence electrons. The van der Waals surface area contributed by atoms with E-state index in [0.29, 0.717) is 6.54 Å². The van der Waals surface area contributed by atoms with Crippen LogP contribution in [0.15, 0.2) is 53.5 Å². The molecule has 0 aliphatic carbocycles. The van der Waals surface area contributed by atoms with Gasteiger partial charge in [0.1, 0.15) is 11.6 Å². The Labute approximate surface area is 207 Å². The molecule has 1 aliphatic heterocycles. The van der Waals surface area contributed by atoms with Crippen LogP contribution in [0, 0.1) is 0 Å². The van der Waals surface area contributed by atoms with Crippen LogP contribution in [0.25, 0.3) is 11.0 Å². The third-order valence-electron chi connectivity index (χ3n) is 6.06. The lowest BCUT2D eigenvalue weighted by molar-refractivity contribution is 0.239. The summed E-state index contributed by atoms with van der Waals surface area (Å²) in [6, 6.07) is 16.7. The van der Waals surface area contributed by atoms with E-state index < -0.39 is 0 Å². The number of aryl methyl sites for hydroxylation is 1. The highest BCUT2D eigenvalue weighted by Gasteiger charge is 2.26. The Kier molecular flexibility index (Phi) is 8.75. The molecule has 4 rings (SSSR count). The Morgan fingerprint density at radius 1 is 1.09 bits per heavy atom. The SMILES string of the molecule is CN=C(NCc1nc2ccccc2n1C)NCC(c1ccccc1OC)N1CCCC1.I. The predicted molar refractivity (Wildman–Crippen MR) is 141 cm³/mol. The van der Waals surface area contributed by atoms with Crippen molar-refractivity contribution in [3.8, 4) is 5.75 Å². The number of likely N-dealkylation sites (tertiary alicyclic amines) is 1. The minimum absolute atomic E-state index is 0. The molecule has 2 heterocycles. The van der Waals surface area contributed by atoms with Crippen molar-refractivity contribution in [2.45, 2.75) is 25.4 Å². The van der Waals surface area contributed by atoms with E-state index in [2.05, 4.69) is 43.3 Å². The number of nitrogens with zero attached hydrogens (tertiary/aromatic N) is 4. The largest absolute Gasteiger partial charge is 0.496 e. The molecular weight excluding hydrogens is 515 g/mol. The van der Waals surface area contributed by atoms with Gasteiger partial charge in [-0.15, -0.1) is 24.0 Å². The van der Waals surface area contributed by atoms with Crippen molar-refractivity contribution in [3.63, 3.8) is 0 Å². The highest BCUT2D eigenvalue weighted by molar-refractivity contribution is 14.0. The van der Waals surface area contributed by atoms with Gasteiger partial charge in [-0.25, -0.2) is 4.98 Å². The van der Waals surface area contributed by atoms with E-state index in [-0.39, 0.29) is 30.0 Å². The Hall–Kier alpha value is -2.33. The molecule has 1 unspecified atom stereocenters. The molecule has 0 radical (unpaired) electrons. The lowest BCUT2D eigenvalue weighted by Crippen LogP contribution is -2.42. The van der Waals surface area contributed by atoms with Crippen molar-refractivity contribution in [1.29, 1.82) is 0 Å². The van der Waals surface area contributed by atoms with Gasteiger partial charge in [-0.05, 0) is 44.1 Å². The van der Waals surface area contributed by atoms with Gasteiger partial charge in [-0.2, -0.15) is 0 Å². The van der Waals surface area contributed by atoms with E-state index in [4.69, 9.17) is 9.72 Å². The van der Waals surface area contributed by atoms with Crippen LogP contribution in [0.2, 0.25) is 0 Å². The van der Waals surface area contributed by atoms with Crippen molar-refractivity contribution >= 4 is 41.0 Å². The normalized spacial score (nSPS) is 15.4. The Morgan fingerprint density at radius 3 is 2.53 bits per heavy atom. The number of hydrogen-bond donors (Lipinski definition) is 2. The molecule has 3 aromatic rings. The summed E-state index contributed by atoms with van der Waals surface area (Å²) >= 11 is 0. The summed E-state index contributed by atoms with van der Waals surface area (Å²) in [4.78, 5) is 11.7. The third kappa shape index (κ3) is 5.35. The number of halogens is 1. The van der Waals surface area contributed by atoms with Gasteiger partial charge in [0, 0.05) is 26.2 Å².